The van der Waals surface area contributed by atoms with Crippen LogP contribution in [0.3, 0.4) is 0 Å². The minimum Gasteiger partial charge on any atom is -0.382 e. The Bertz CT molecular complexity index is 1030. The van der Waals surface area contributed by atoms with Crippen LogP contribution in [0.2, 0.25) is 0 Å². The fourth-order valence-electron chi connectivity index (χ4n) is 4.54. The predicted octanol–water partition coefficient (Wildman–Crippen LogP) is 3.45. The molecular formula is C23H31F2N7O. The fraction of sp³-hybridized carbons (Fsp3) is 0.565. The summed E-state index contributed by atoms with van der Waals surface area (Å²) >= 11 is 0. The molecule has 33 heavy (non-hydrogen) atoms. The minimum atomic E-state index is -1.67. The Morgan fingerprint density at radius 2 is 2.00 bits per heavy atom. The molecule has 0 spiro atoms. The third-order valence-corrected chi connectivity index (χ3v) is 6.39. The van der Waals surface area contributed by atoms with Crippen molar-refractivity contribution >= 4 is 0 Å². The van der Waals surface area contributed by atoms with Crippen molar-refractivity contribution in [3.63, 3.8) is 0 Å². The highest BCUT2D eigenvalue weighted by molar-refractivity contribution is 5.26. The lowest BCUT2D eigenvalue weighted by Gasteiger charge is -2.36. The lowest BCUT2D eigenvalue weighted by atomic mass is 9.91. The van der Waals surface area contributed by atoms with Crippen LogP contribution >= 0.6 is 0 Å². The van der Waals surface area contributed by atoms with Crippen LogP contribution in [0, 0.1) is 11.6 Å². The number of nitrogens with zero attached hydrogens (tertiary/aromatic N) is 7. The van der Waals surface area contributed by atoms with Crippen molar-refractivity contribution in [1.29, 1.82) is 0 Å². The van der Waals surface area contributed by atoms with Gasteiger partial charge in [0.25, 0.3) is 0 Å². The molecule has 10 heteroatoms. The summed E-state index contributed by atoms with van der Waals surface area (Å²) in [6.07, 6.45) is 10.7. The quantitative estimate of drug-likeness (QED) is 0.528. The molecule has 1 aliphatic carbocycles. The summed E-state index contributed by atoms with van der Waals surface area (Å²) in [5.74, 6) is -1.50. The molecule has 1 atom stereocenters. The van der Waals surface area contributed by atoms with Gasteiger partial charge in [-0.2, -0.15) is 5.10 Å². The molecule has 8 nitrogen and oxygen atoms in total. The van der Waals surface area contributed by atoms with E-state index in [1.54, 1.807) is 0 Å². The van der Waals surface area contributed by atoms with Crippen LogP contribution in [-0.4, -0.2) is 52.4 Å². The summed E-state index contributed by atoms with van der Waals surface area (Å²) in [6.45, 7) is 4.49. The summed E-state index contributed by atoms with van der Waals surface area (Å²) in [5, 5.41) is 24.5. The van der Waals surface area contributed by atoms with Crippen molar-refractivity contribution in [2.45, 2.75) is 76.7 Å². The van der Waals surface area contributed by atoms with E-state index in [0.717, 1.165) is 30.7 Å². The maximum atomic E-state index is 14.8. The number of aromatic nitrogens is 6. The molecule has 178 valence electrons. The predicted molar refractivity (Wildman–Crippen MR) is 118 cm³/mol. The molecule has 0 saturated heterocycles. The summed E-state index contributed by atoms with van der Waals surface area (Å²) in [7, 11) is 0. The second-order valence-corrected chi connectivity index (χ2v) is 9.23. The third-order valence-electron chi connectivity index (χ3n) is 6.39. The number of aliphatic hydroxyl groups is 1. The van der Waals surface area contributed by atoms with Gasteiger partial charge in [0.15, 0.2) is 0 Å². The first kappa shape index (κ1) is 23.4. The molecule has 3 aromatic rings. The second-order valence-electron chi connectivity index (χ2n) is 9.23. The average molecular weight is 460 g/mol. The van der Waals surface area contributed by atoms with E-state index in [-0.39, 0.29) is 24.7 Å². The Hall–Kier alpha value is -2.72. The van der Waals surface area contributed by atoms with Crippen LogP contribution in [0.4, 0.5) is 8.78 Å². The largest absolute Gasteiger partial charge is 0.382 e. The maximum absolute atomic E-state index is 14.8. The van der Waals surface area contributed by atoms with Crippen LogP contribution in [0.5, 0.6) is 0 Å². The van der Waals surface area contributed by atoms with Crippen molar-refractivity contribution in [2.24, 2.45) is 0 Å². The van der Waals surface area contributed by atoms with Gasteiger partial charge in [0, 0.05) is 30.8 Å². The van der Waals surface area contributed by atoms with Crippen molar-refractivity contribution in [3.8, 4) is 0 Å². The topological polar surface area (TPSA) is 84.9 Å². The Kier molecular flexibility index (Phi) is 7.14. The van der Waals surface area contributed by atoms with E-state index in [9.17, 15) is 13.9 Å². The normalized spacial score (nSPS) is 17.1. The number of hydrogen-bond donors (Lipinski definition) is 1. The molecule has 1 N–H and O–H groups in total. The zero-order valence-electron chi connectivity index (χ0n) is 19.1. The molecule has 0 bridgehead atoms. The van der Waals surface area contributed by atoms with Gasteiger partial charge in [0.05, 0.1) is 24.5 Å². The van der Waals surface area contributed by atoms with Crippen LogP contribution in [-0.2, 0) is 18.7 Å². The van der Waals surface area contributed by atoms with Crippen LogP contribution in [0.1, 0.15) is 63.3 Å². The van der Waals surface area contributed by atoms with Gasteiger partial charge >= 0.3 is 0 Å². The molecule has 1 saturated carbocycles. The summed E-state index contributed by atoms with van der Waals surface area (Å²) in [6, 6.07) is 3.64. The SMILES string of the molecule is CC(C)N(Cc1cn(C2CCCCC2)nn1)CC(O)(Cn1cncn1)c1ccc(F)cc1F. The van der Waals surface area contributed by atoms with E-state index in [0.29, 0.717) is 12.6 Å². The summed E-state index contributed by atoms with van der Waals surface area (Å²) < 4.78 is 31.7. The van der Waals surface area contributed by atoms with Crippen LogP contribution < -0.4 is 0 Å². The molecule has 1 fully saturated rings. The molecule has 1 aliphatic rings. The first-order valence-corrected chi connectivity index (χ1v) is 11.5. The number of halogens is 2. The van der Waals surface area contributed by atoms with Gasteiger partial charge in [-0.3, -0.25) is 4.90 Å². The van der Waals surface area contributed by atoms with Gasteiger partial charge in [-0.1, -0.05) is 30.5 Å². The molecule has 2 aromatic heterocycles. The summed E-state index contributed by atoms with van der Waals surface area (Å²) in [4.78, 5) is 5.93. The highest BCUT2D eigenvalue weighted by atomic mass is 19.1. The molecule has 1 aromatic carbocycles. The van der Waals surface area contributed by atoms with E-state index in [1.807, 2.05) is 29.6 Å². The standard InChI is InChI=1S/C23H31F2N7O/c1-17(2)30(11-19-12-32(29-28-19)20-6-4-3-5-7-20)13-23(33,14-31-16-26-15-27-31)21-9-8-18(24)10-22(21)25/h8-10,12,15-17,20,33H,3-7,11,13-14H2,1-2H3. The van der Waals surface area contributed by atoms with E-state index in [2.05, 4.69) is 20.4 Å². The summed E-state index contributed by atoms with van der Waals surface area (Å²) in [5.41, 5.74) is -0.873. The van der Waals surface area contributed by atoms with Gasteiger partial charge in [0.1, 0.15) is 29.9 Å². The monoisotopic (exact) mass is 459 g/mol. The first-order chi connectivity index (χ1) is 15.8. The molecular weight excluding hydrogens is 428 g/mol. The maximum Gasteiger partial charge on any atom is 0.137 e. The zero-order valence-corrected chi connectivity index (χ0v) is 19.1. The molecule has 0 amide bonds. The highest BCUT2D eigenvalue weighted by Crippen LogP contribution is 2.30. The van der Waals surface area contributed by atoms with Crippen molar-refractivity contribution in [2.75, 3.05) is 6.54 Å². The molecule has 2 heterocycles. The van der Waals surface area contributed by atoms with Gasteiger partial charge in [-0.25, -0.2) is 23.1 Å². The third kappa shape index (κ3) is 5.62. The van der Waals surface area contributed by atoms with Crippen LogP contribution in [0.25, 0.3) is 0 Å². The van der Waals surface area contributed by atoms with Gasteiger partial charge in [-0.05, 0) is 32.8 Å². The van der Waals surface area contributed by atoms with Gasteiger partial charge in [0.2, 0.25) is 0 Å². The van der Waals surface area contributed by atoms with Crippen molar-refractivity contribution < 1.29 is 13.9 Å². The number of hydrogen-bond acceptors (Lipinski definition) is 6. The Labute approximate surface area is 192 Å². The Morgan fingerprint density at radius 3 is 2.67 bits per heavy atom. The fourth-order valence-corrected chi connectivity index (χ4v) is 4.54. The van der Waals surface area contributed by atoms with E-state index in [1.165, 1.54) is 42.7 Å². The Morgan fingerprint density at radius 1 is 1.21 bits per heavy atom. The van der Waals surface area contributed by atoms with Gasteiger partial charge in [-0.15, -0.1) is 5.10 Å². The number of benzene rings is 1. The minimum absolute atomic E-state index is 0.0101. The van der Waals surface area contributed by atoms with Crippen molar-refractivity contribution in [1.82, 2.24) is 34.7 Å². The number of rotatable bonds is 9. The first-order valence-electron chi connectivity index (χ1n) is 11.5. The highest BCUT2D eigenvalue weighted by Gasteiger charge is 2.36. The molecule has 0 aliphatic heterocycles. The van der Waals surface area contributed by atoms with E-state index in [4.69, 9.17) is 0 Å². The van der Waals surface area contributed by atoms with E-state index < -0.39 is 17.2 Å². The second kappa shape index (κ2) is 10.0. The molecule has 0 radical (unpaired) electrons. The van der Waals surface area contributed by atoms with Crippen LogP contribution in [0.15, 0.2) is 37.1 Å². The lowest BCUT2D eigenvalue weighted by molar-refractivity contribution is -0.0315. The van der Waals surface area contributed by atoms with E-state index >= 15 is 0 Å². The zero-order chi connectivity index (χ0) is 23.4. The smallest absolute Gasteiger partial charge is 0.137 e. The van der Waals surface area contributed by atoms with Gasteiger partial charge < -0.3 is 5.11 Å². The lowest BCUT2D eigenvalue weighted by Crippen LogP contribution is -2.46. The molecule has 1 unspecified atom stereocenters. The Balaban J connectivity index is 1.58. The average Bonchev–Trinajstić information content (AvgIpc) is 3.46. The van der Waals surface area contributed by atoms with Crippen molar-refractivity contribution in [3.05, 3.63) is 59.9 Å². The molecule has 4 rings (SSSR count).